The van der Waals surface area contributed by atoms with E-state index in [0.29, 0.717) is 6.42 Å². The summed E-state index contributed by atoms with van der Waals surface area (Å²) in [6.07, 6.45) is 2.85. The Bertz CT molecular complexity index is 428. The van der Waals surface area contributed by atoms with Gasteiger partial charge in [-0.1, -0.05) is 12.1 Å². The van der Waals surface area contributed by atoms with Crippen LogP contribution in [0.1, 0.15) is 19.3 Å². The first-order chi connectivity index (χ1) is 7.20. The fourth-order valence-corrected chi connectivity index (χ4v) is 2.44. The molecule has 4 heteroatoms. The maximum atomic E-state index is 11.8. The van der Waals surface area contributed by atoms with Gasteiger partial charge < -0.3 is 0 Å². The normalized spacial score (nSPS) is 22.5. The number of nitrogens with zero attached hydrogens (tertiary/aromatic N) is 1. The van der Waals surface area contributed by atoms with Crippen LogP contribution in [-0.4, -0.2) is 11.4 Å². The molecule has 0 radical (unpaired) electrons. The van der Waals surface area contributed by atoms with Crippen LogP contribution in [0.2, 0.25) is 0 Å². The van der Waals surface area contributed by atoms with Crippen molar-refractivity contribution in [1.29, 1.82) is 0 Å². The molecule has 0 bridgehead atoms. The Labute approximate surface area is 96.6 Å². The number of hydrazine groups is 1. The zero-order valence-electron chi connectivity index (χ0n) is 8.16. The number of hydrogen-bond acceptors (Lipinski definition) is 2. The molecule has 3 nitrogen and oxygen atoms in total. The quantitative estimate of drug-likeness (QED) is 0.846. The number of para-hydroxylation sites is 1. The monoisotopic (exact) mass is 266 g/mol. The molecule has 78 valence electrons. The molecule has 1 aliphatic heterocycles. The molecule has 0 atom stereocenters. The fourth-order valence-electron chi connectivity index (χ4n) is 1.97. The summed E-state index contributed by atoms with van der Waals surface area (Å²) in [7, 11) is 0. The van der Waals surface area contributed by atoms with E-state index < -0.39 is 0 Å². The summed E-state index contributed by atoms with van der Waals surface area (Å²) >= 11 is 3.46. The molecule has 3 rings (SSSR count). The van der Waals surface area contributed by atoms with Crippen molar-refractivity contribution in [2.24, 2.45) is 0 Å². The van der Waals surface area contributed by atoms with E-state index in [1.165, 1.54) is 0 Å². The van der Waals surface area contributed by atoms with Gasteiger partial charge in [-0.15, -0.1) is 0 Å². The molecule has 1 saturated heterocycles. The van der Waals surface area contributed by atoms with Gasteiger partial charge in [0.1, 0.15) is 0 Å². The summed E-state index contributed by atoms with van der Waals surface area (Å²) < 4.78 is 0.948. The fraction of sp³-hybridized carbons (Fsp3) is 0.364. The second-order valence-electron chi connectivity index (χ2n) is 4.25. The van der Waals surface area contributed by atoms with Gasteiger partial charge in [0.2, 0.25) is 5.91 Å². The lowest BCUT2D eigenvalue weighted by molar-refractivity contribution is -0.117. The maximum absolute atomic E-state index is 11.8. The average molecular weight is 267 g/mol. The number of halogens is 1. The topological polar surface area (TPSA) is 32.3 Å². The minimum atomic E-state index is 0.0896. The Morgan fingerprint density at radius 1 is 1.33 bits per heavy atom. The van der Waals surface area contributed by atoms with E-state index in [2.05, 4.69) is 21.4 Å². The lowest BCUT2D eigenvalue weighted by atomic mass is 10.2. The Hall–Kier alpha value is -0.870. The lowest BCUT2D eigenvalue weighted by Crippen LogP contribution is -2.38. The molecular weight excluding hydrogens is 256 g/mol. The molecule has 1 aliphatic carbocycles. The first kappa shape index (κ1) is 9.36. The van der Waals surface area contributed by atoms with E-state index in [4.69, 9.17) is 0 Å². The van der Waals surface area contributed by atoms with Crippen LogP contribution in [0.5, 0.6) is 0 Å². The first-order valence-electron chi connectivity index (χ1n) is 5.06. The number of nitrogens with one attached hydrogen (secondary N) is 1. The third-order valence-corrected chi connectivity index (χ3v) is 3.71. The van der Waals surface area contributed by atoms with Crippen molar-refractivity contribution < 1.29 is 4.79 Å². The SMILES string of the molecule is O=C1CC2(CC2)NN1c1ccccc1Br. The van der Waals surface area contributed by atoms with E-state index in [9.17, 15) is 4.79 Å². The molecule has 0 unspecified atom stereocenters. The van der Waals surface area contributed by atoms with Crippen molar-refractivity contribution in [3.05, 3.63) is 28.7 Å². The van der Waals surface area contributed by atoms with E-state index in [0.717, 1.165) is 23.0 Å². The summed E-state index contributed by atoms with van der Waals surface area (Å²) in [6.45, 7) is 0. The van der Waals surface area contributed by atoms with Gasteiger partial charge in [-0.2, -0.15) is 0 Å². The molecule has 1 spiro atoms. The number of benzene rings is 1. The van der Waals surface area contributed by atoms with Crippen LogP contribution in [0.25, 0.3) is 0 Å². The Morgan fingerprint density at radius 2 is 2.07 bits per heavy atom. The largest absolute Gasteiger partial charge is 0.273 e. The molecule has 1 amide bonds. The van der Waals surface area contributed by atoms with Crippen LogP contribution in [-0.2, 0) is 4.79 Å². The Kier molecular flexibility index (Phi) is 1.91. The molecular formula is C11H11BrN2O. The van der Waals surface area contributed by atoms with E-state index in [-0.39, 0.29) is 11.4 Å². The number of hydrogen-bond donors (Lipinski definition) is 1. The van der Waals surface area contributed by atoms with Crippen molar-refractivity contribution >= 4 is 27.5 Å². The molecule has 1 heterocycles. The number of carbonyl (C=O) groups excluding carboxylic acids is 1. The zero-order valence-corrected chi connectivity index (χ0v) is 9.75. The summed E-state index contributed by atoms with van der Waals surface area (Å²) in [6, 6.07) is 7.77. The zero-order chi connectivity index (χ0) is 10.5. The van der Waals surface area contributed by atoms with Crippen LogP contribution in [0.3, 0.4) is 0 Å². The van der Waals surface area contributed by atoms with Crippen molar-refractivity contribution in [3.63, 3.8) is 0 Å². The molecule has 2 fully saturated rings. The molecule has 1 aromatic carbocycles. The third kappa shape index (κ3) is 1.48. The second-order valence-corrected chi connectivity index (χ2v) is 5.10. The maximum Gasteiger partial charge on any atom is 0.243 e. The lowest BCUT2D eigenvalue weighted by Gasteiger charge is -2.18. The van der Waals surface area contributed by atoms with Crippen molar-refractivity contribution in [3.8, 4) is 0 Å². The molecule has 0 aromatic heterocycles. The van der Waals surface area contributed by atoms with Gasteiger partial charge in [0.05, 0.1) is 5.69 Å². The Morgan fingerprint density at radius 3 is 2.67 bits per heavy atom. The standard InChI is InChI=1S/C11H11BrN2O/c12-8-3-1-2-4-9(8)14-10(15)7-11(13-14)5-6-11/h1-4,13H,5-7H2. The van der Waals surface area contributed by atoms with Gasteiger partial charge >= 0.3 is 0 Å². The van der Waals surface area contributed by atoms with Gasteiger partial charge in [-0.05, 0) is 40.9 Å². The van der Waals surface area contributed by atoms with Crippen LogP contribution in [0.4, 0.5) is 5.69 Å². The van der Waals surface area contributed by atoms with Crippen molar-refractivity contribution in [2.75, 3.05) is 5.01 Å². The van der Waals surface area contributed by atoms with Gasteiger partial charge in [-0.3, -0.25) is 4.79 Å². The predicted octanol–water partition coefficient (Wildman–Crippen LogP) is 2.22. The summed E-state index contributed by atoms with van der Waals surface area (Å²) in [5, 5.41) is 1.68. The highest BCUT2D eigenvalue weighted by Crippen LogP contribution is 2.44. The first-order valence-corrected chi connectivity index (χ1v) is 5.85. The third-order valence-electron chi connectivity index (χ3n) is 3.03. The minimum absolute atomic E-state index is 0.0896. The highest BCUT2D eigenvalue weighted by Gasteiger charge is 2.52. The number of rotatable bonds is 1. The van der Waals surface area contributed by atoms with Gasteiger partial charge in [0, 0.05) is 16.4 Å². The average Bonchev–Trinajstić information content (AvgIpc) is 2.87. The molecule has 1 aromatic rings. The number of carbonyl (C=O) groups is 1. The van der Waals surface area contributed by atoms with Crippen molar-refractivity contribution in [1.82, 2.24) is 5.43 Å². The number of anilines is 1. The van der Waals surface area contributed by atoms with Gasteiger partial charge in [0.25, 0.3) is 0 Å². The van der Waals surface area contributed by atoms with Gasteiger partial charge in [-0.25, -0.2) is 10.4 Å². The highest BCUT2D eigenvalue weighted by molar-refractivity contribution is 9.10. The molecule has 1 saturated carbocycles. The molecule has 2 aliphatic rings. The van der Waals surface area contributed by atoms with Crippen LogP contribution >= 0.6 is 15.9 Å². The van der Waals surface area contributed by atoms with Crippen LogP contribution < -0.4 is 10.4 Å². The highest BCUT2D eigenvalue weighted by atomic mass is 79.9. The predicted molar refractivity (Wildman–Crippen MR) is 61.3 cm³/mol. The molecule has 1 N–H and O–H groups in total. The van der Waals surface area contributed by atoms with E-state index in [1.807, 2.05) is 24.3 Å². The second kappa shape index (κ2) is 3.06. The van der Waals surface area contributed by atoms with Gasteiger partial charge in [0.15, 0.2) is 0 Å². The van der Waals surface area contributed by atoms with E-state index in [1.54, 1.807) is 5.01 Å². The van der Waals surface area contributed by atoms with Crippen LogP contribution in [0.15, 0.2) is 28.7 Å². The molecule has 15 heavy (non-hydrogen) atoms. The Balaban J connectivity index is 1.95. The summed E-state index contributed by atoms with van der Waals surface area (Å²) in [5.74, 6) is 0.166. The van der Waals surface area contributed by atoms with Crippen molar-refractivity contribution in [2.45, 2.75) is 24.8 Å². The summed E-state index contributed by atoms with van der Waals surface area (Å²) in [5.41, 5.74) is 4.30. The minimum Gasteiger partial charge on any atom is -0.273 e. The smallest absolute Gasteiger partial charge is 0.243 e. The van der Waals surface area contributed by atoms with E-state index >= 15 is 0 Å². The van der Waals surface area contributed by atoms with Crippen LogP contribution in [0, 0.1) is 0 Å². The number of amides is 1. The summed E-state index contributed by atoms with van der Waals surface area (Å²) in [4.78, 5) is 11.8.